The molecule has 7 heteroatoms. The van der Waals surface area contributed by atoms with Crippen LogP contribution in [0.1, 0.15) is 42.4 Å². The summed E-state index contributed by atoms with van der Waals surface area (Å²) in [5.41, 5.74) is 4.97. The van der Waals surface area contributed by atoms with Crippen LogP contribution in [0.5, 0.6) is 0 Å². The molecule has 0 aromatic heterocycles. The number of amides is 1. The number of fused-ring (bicyclic) bond motifs is 1. The Morgan fingerprint density at radius 1 is 0.943 bits per heavy atom. The Hall–Kier alpha value is -3.97. The summed E-state index contributed by atoms with van der Waals surface area (Å²) in [6.07, 6.45) is 5.15. The predicted octanol–water partition coefficient (Wildman–Crippen LogP) is 5.90. The number of nitrogens with zero attached hydrogens (tertiary/aromatic N) is 2. The fourth-order valence-corrected chi connectivity index (χ4v) is 4.79. The Morgan fingerprint density at radius 2 is 1.66 bits per heavy atom. The first kappa shape index (κ1) is 22.8. The molecule has 0 atom stereocenters. The molecule has 1 saturated heterocycles. The molecular formula is C28H28N4O3. The smallest absolute Gasteiger partial charge is 0.270 e. The van der Waals surface area contributed by atoms with Gasteiger partial charge in [0, 0.05) is 35.6 Å². The topological polar surface area (TPSA) is 87.5 Å². The molecule has 1 amide bonds. The number of nitro groups is 1. The lowest BCUT2D eigenvalue weighted by Crippen LogP contribution is -2.23. The molecule has 2 aliphatic heterocycles. The van der Waals surface area contributed by atoms with Crippen molar-refractivity contribution in [3.8, 4) is 0 Å². The molecule has 7 nitrogen and oxygen atoms in total. The molecule has 35 heavy (non-hydrogen) atoms. The second-order valence-corrected chi connectivity index (χ2v) is 9.07. The Kier molecular flexibility index (Phi) is 6.59. The zero-order valence-corrected chi connectivity index (χ0v) is 19.5. The highest BCUT2D eigenvalue weighted by Gasteiger charge is 2.30. The molecule has 1 fully saturated rings. The Labute approximate surface area is 204 Å². The van der Waals surface area contributed by atoms with Crippen molar-refractivity contribution < 1.29 is 9.72 Å². The van der Waals surface area contributed by atoms with Gasteiger partial charge < -0.3 is 10.6 Å². The Morgan fingerprint density at radius 3 is 2.34 bits per heavy atom. The highest BCUT2D eigenvalue weighted by atomic mass is 16.6. The van der Waals surface area contributed by atoms with Crippen LogP contribution in [0, 0.1) is 10.1 Å². The van der Waals surface area contributed by atoms with Crippen molar-refractivity contribution in [3.05, 3.63) is 99.6 Å². The van der Waals surface area contributed by atoms with Gasteiger partial charge in [-0.25, -0.2) is 0 Å². The van der Waals surface area contributed by atoms with Crippen molar-refractivity contribution in [1.29, 1.82) is 0 Å². The maximum absolute atomic E-state index is 13.0. The average Bonchev–Trinajstić information content (AvgIpc) is 3.01. The Balaban J connectivity index is 1.48. The predicted molar refractivity (Wildman–Crippen MR) is 139 cm³/mol. The van der Waals surface area contributed by atoms with Crippen molar-refractivity contribution in [3.63, 3.8) is 0 Å². The van der Waals surface area contributed by atoms with Gasteiger partial charge in [-0.2, -0.15) is 0 Å². The van der Waals surface area contributed by atoms with Gasteiger partial charge >= 0.3 is 0 Å². The third-order valence-corrected chi connectivity index (χ3v) is 6.60. The molecule has 178 valence electrons. The highest BCUT2D eigenvalue weighted by Crippen LogP contribution is 2.39. The van der Waals surface area contributed by atoms with E-state index in [2.05, 4.69) is 27.7 Å². The summed E-state index contributed by atoms with van der Waals surface area (Å²) in [5, 5.41) is 17.7. The molecule has 3 aromatic rings. The lowest BCUT2D eigenvalue weighted by atomic mass is 9.99. The molecule has 2 N–H and O–H groups in total. The molecule has 2 heterocycles. The number of carbonyl (C=O) groups is 1. The first-order chi connectivity index (χ1) is 17.1. The number of carbonyl (C=O) groups excluding carboxylic acids is 1. The third-order valence-electron chi connectivity index (χ3n) is 6.60. The molecule has 0 bridgehead atoms. The maximum Gasteiger partial charge on any atom is 0.270 e. The minimum atomic E-state index is -0.445. The van der Waals surface area contributed by atoms with Gasteiger partial charge in [0.2, 0.25) is 0 Å². The standard InChI is InChI=1S/C28H28N4O3/c33-28-26(24-18-23(32(34)35)14-15-25(24)30-28)27(21-8-4-3-5-9-21)29-22-12-10-20(11-13-22)19-31-16-6-1-2-7-17-31/h3-5,8-15,18,29H,1-2,6-7,16-17,19H2,(H,30,33)/b27-26-. The van der Waals surface area contributed by atoms with E-state index in [9.17, 15) is 14.9 Å². The number of nitro benzene ring substituents is 1. The SMILES string of the molecule is O=C1Nc2ccc([N+](=O)[O-])cc2/C1=C(/Nc1ccc(CN2CCCCCC2)cc1)c1ccccc1. The van der Waals surface area contributed by atoms with E-state index in [-0.39, 0.29) is 11.6 Å². The van der Waals surface area contributed by atoms with E-state index in [1.54, 1.807) is 6.07 Å². The quantitative estimate of drug-likeness (QED) is 0.267. The largest absolute Gasteiger partial charge is 0.354 e. The van der Waals surface area contributed by atoms with Crippen LogP contribution in [0.4, 0.5) is 17.1 Å². The number of anilines is 2. The van der Waals surface area contributed by atoms with Crippen molar-refractivity contribution in [2.75, 3.05) is 23.7 Å². The van der Waals surface area contributed by atoms with Gasteiger partial charge in [0.1, 0.15) is 0 Å². The van der Waals surface area contributed by atoms with Crippen molar-refractivity contribution in [1.82, 2.24) is 4.90 Å². The van der Waals surface area contributed by atoms with Crippen molar-refractivity contribution >= 4 is 34.2 Å². The number of benzene rings is 3. The second-order valence-electron chi connectivity index (χ2n) is 9.07. The minimum absolute atomic E-state index is 0.0528. The lowest BCUT2D eigenvalue weighted by Gasteiger charge is -2.20. The Bertz CT molecular complexity index is 1260. The van der Waals surface area contributed by atoms with Gasteiger partial charge in [-0.15, -0.1) is 0 Å². The monoisotopic (exact) mass is 468 g/mol. The van der Waals surface area contributed by atoms with Crippen LogP contribution in [0.15, 0.2) is 72.8 Å². The van der Waals surface area contributed by atoms with E-state index in [0.29, 0.717) is 22.5 Å². The van der Waals surface area contributed by atoms with E-state index in [0.717, 1.165) is 30.9 Å². The number of non-ortho nitro benzene ring substituents is 1. The summed E-state index contributed by atoms with van der Waals surface area (Å²) < 4.78 is 0. The number of hydrogen-bond acceptors (Lipinski definition) is 5. The van der Waals surface area contributed by atoms with Gasteiger partial charge in [0.15, 0.2) is 0 Å². The normalized spacial score (nSPS) is 17.3. The highest BCUT2D eigenvalue weighted by molar-refractivity contribution is 6.37. The number of rotatable bonds is 6. The molecule has 0 saturated carbocycles. The molecule has 0 spiro atoms. The molecular weight excluding hydrogens is 440 g/mol. The summed E-state index contributed by atoms with van der Waals surface area (Å²) >= 11 is 0. The minimum Gasteiger partial charge on any atom is -0.354 e. The molecule has 0 radical (unpaired) electrons. The van der Waals surface area contributed by atoms with Crippen molar-refractivity contribution in [2.24, 2.45) is 0 Å². The lowest BCUT2D eigenvalue weighted by molar-refractivity contribution is -0.384. The van der Waals surface area contributed by atoms with Crippen LogP contribution in [0.25, 0.3) is 11.3 Å². The van der Waals surface area contributed by atoms with E-state index in [1.807, 2.05) is 42.5 Å². The number of hydrogen-bond donors (Lipinski definition) is 2. The molecule has 3 aromatic carbocycles. The first-order valence-electron chi connectivity index (χ1n) is 12.1. The van der Waals surface area contributed by atoms with Gasteiger partial charge in [-0.1, -0.05) is 55.3 Å². The van der Waals surface area contributed by atoms with E-state index >= 15 is 0 Å². The second kappa shape index (κ2) is 10.1. The zero-order chi connectivity index (χ0) is 24.2. The van der Waals surface area contributed by atoms with E-state index in [1.165, 1.54) is 43.4 Å². The molecule has 5 rings (SSSR count). The summed E-state index contributed by atoms with van der Waals surface area (Å²) in [7, 11) is 0. The van der Waals surface area contributed by atoms with E-state index in [4.69, 9.17) is 0 Å². The van der Waals surface area contributed by atoms with Gasteiger partial charge in [0.05, 0.1) is 16.2 Å². The molecule has 2 aliphatic rings. The maximum atomic E-state index is 13.0. The van der Waals surface area contributed by atoms with Crippen LogP contribution >= 0.6 is 0 Å². The molecule has 0 aliphatic carbocycles. The van der Waals surface area contributed by atoms with Crippen LogP contribution in [-0.4, -0.2) is 28.8 Å². The van der Waals surface area contributed by atoms with Gasteiger partial charge in [-0.3, -0.25) is 19.8 Å². The van der Waals surface area contributed by atoms with Crippen LogP contribution < -0.4 is 10.6 Å². The average molecular weight is 469 g/mol. The van der Waals surface area contributed by atoms with Gasteiger partial charge in [0.25, 0.3) is 11.6 Å². The summed E-state index contributed by atoms with van der Waals surface area (Å²) in [4.78, 5) is 26.5. The summed E-state index contributed by atoms with van der Waals surface area (Å²) in [6, 6.07) is 22.3. The fourth-order valence-electron chi connectivity index (χ4n) is 4.79. The molecule has 0 unspecified atom stereocenters. The number of nitrogens with one attached hydrogen (secondary N) is 2. The van der Waals surface area contributed by atoms with Crippen molar-refractivity contribution in [2.45, 2.75) is 32.2 Å². The van der Waals surface area contributed by atoms with Crippen LogP contribution in [0.2, 0.25) is 0 Å². The first-order valence-corrected chi connectivity index (χ1v) is 12.1. The van der Waals surface area contributed by atoms with Crippen LogP contribution in [-0.2, 0) is 11.3 Å². The summed E-state index contributed by atoms with van der Waals surface area (Å²) in [5.74, 6) is -0.287. The fraction of sp³-hybridized carbons (Fsp3) is 0.250. The zero-order valence-electron chi connectivity index (χ0n) is 19.5. The third kappa shape index (κ3) is 5.10. The number of likely N-dealkylation sites (tertiary alicyclic amines) is 1. The summed E-state index contributed by atoms with van der Waals surface area (Å²) in [6.45, 7) is 3.22. The van der Waals surface area contributed by atoms with E-state index < -0.39 is 4.92 Å². The van der Waals surface area contributed by atoms with Crippen LogP contribution in [0.3, 0.4) is 0 Å². The van der Waals surface area contributed by atoms with Gasteiger partial charge in [-0.05, 0) is 55.3 Å².